The molecule has 4 aromatic heterocycles. The van der Waals surface area contributed by atoms with Gasteiger partial charge in [-0.2, -0.15) is 19.2 Å². The van der Waals surface area contributed by atoms with E-state index in [2.05, 4.69) is 61.6 Å². The van der Waals surface area contributed by atoms with Gasteiger partial charge < -0.3 is 0 Å². The molecule has 4 aromatic carbocycles. The minimum Gasteiger partial charge on any atom is -0.207 e. The van der Waals surface area contributed by atoms with Gasteiger partial charge in [-0.1, -0.05) is 0 Å². The first kappa shape index (κ1) is 33.0. The first-order valence-electron chi connectivity index (χ1n) is 15.9. The predicted octanol–water partition coefficient (Wildman–Crippen LogP) is 3.94. The summed E-state index contributed by atoms with van der Waals surface area (Å²) < 4.78 is 54.7. The molecule has 0 N–H and O–H groups in total. The zero-order chi connectivity index (χ0) is 36.4. The number of rotatable bonds is 12. The number of tetrazole rings is 4. The van der Waals surface area contributed by atoms with Gasteiger partial charge in [0.2, 0.25) is 23.3 Å². The van der Waals surface area contributed by atoms with Crippen LogP contribution in [0.2, 0.25) is 0 Å². The predicted molar refractivity (Wildman–Crippen MR) is 175 cm³/mol. The molecule has 0 aliphatic rings. The highest BCUT2D eigenvalue weighted by Crippen LogP contribution is 2.29. The standard InChI is InChI=1S/C33H24F4N16/c34-25-9-1-21(2-10-25)29-38-46-50(42-29)17-33(18-51-43-30(39-47-51)22-3-11-26(35)12-4-22,19-52-44-31(40-48-52)23-5-13-27(36)14-6-23)20-53-45-32(41-49-53)24-7-15-28(37)16-8-24/h1-16H,17-20H2. The molecule has 0 aliphatic heterocycles. The van der Waals surface area contributed by atoms with Crippen LogP contribution in [-0.2, 0) is 26.2 Å². The summed E-state index contributed by atoms with van der Waals surface area (Å²) in [5.74, 6) is -0.694. The van der Waals surface area contributed by atoms with Crippen molar-refractivity contribution in [3.63, 3.8) is 0 Å². The van der Waals surface area contributed by atoms with Crippen molar-refractivity contribution in [2.75, 3.05) is 0 Å². The summed E-state index contributed by atoms with van der Waals surface area (Å²) in [4.78, 5) is 5.41. The summed E-state index contributed by atoms with van der Waals surface area (Å²) in [7, 11) is 0. The molecule has 8 rings (SSSR count). The summed E-state index contributed by atoms with van der Waals surface area (Å²) in [6.07, 6.45) is 0. The van der Waals surface area contributed by atoms with E-state index in [4.69, 9.17) is 0 Å². The fourth-order valence-corrected chi connectivity index (χ4v) is 5.60. The fourth-order valence-electron chi connectivity index (χ4n) is 5.60. The SMILES string of the molecule is Fc1ccc(-c2nnn(CC(Cn3nnc(-c4ccc(F)cc4)n3)(Cn3nnc(-c4ccc(F)cc4)n3)Cn3nnc(-c4ccc(F)cc4)n3)n2)cc1. The number of benzene rings is 4. The molecule has 0 radical (unpaired) electrons. The molecule has 0 amide bonds. The number of hydrogen-bond acceptors (Lipinski definition) is 12. The molecule has 0 spiro atoms. The Morgan fingerprint density at radius 2 is 0.547 bits per heavy atom. The van der Waals surface area contributed by atoms with E-state index >= 15 is 0 Å². The van der Waals surface area contributed by atoms with Crippen molar-refractivity contribution in [2.24, 2.45) is 5.41 Å². The van der Waals surface area contributed by atoms with Gasteiger partial charge in [-0.3, -0.25) is 0 Å². The molecule has 0 unspecified atom stereocenters. The van der Waals surface area contributed by atoms with Crippen LogP contribution in [0.5, 0.6) is 0 Å². The summed E-state index contributed by atoms with van der Waals surface area (Å²) in [6.45, 7) is 0.0375. The number of hydrogen-bond donors (Lipinski definition) is 0. The molecule has 0 bridgehead atoms. The van der Waals surface area contributed by atoms with Gasteiger partial charge in [0.15, 0.2) is 0 Å². The van der Waals surface area contributed by atoms with Gasteiger partial charge in [0.05, 0.1) is 31.6 Å². The molecular formula is C33H24F4N16. The summed E-state index contributed by atoms with van der Waals surface area (Å²) >= 11 is 0. The quantitative estimate of drug-likeness (QED) is 0.167. The summed E-state index contributed by atoms with van der Waals surface area (Å²) in [6, 6.07) is 22.6. The van der Waals surface area contributed by atoms with E-state index in [-0.39, 0.29) is 49.5 Å². The third-order valence-corrected chi connectivity index (χ3v) is 8.13. The monoisotopic (exact) mass is 720 g/mol. The molecule has 53 heavy (non-hydrogen) atoms. The van der Waals surface area contributed by atoms with Crippen molar-refractivity contribution >= 4 is 0 Å². The Labute approximate surface area is 295 Å². The summed E-state index contributed by atoms with van der Waals surface area (Å²) in [5.41, 5.74) is 1.04. The molecular weight excluding hydrogens is 696 g/mol. The van der Waals surface area contributed by atoms with Gasteiger partial charge in [-0.25, -0.2) is 17.6 Å². The van der Waals surface area contributed by atoms with Gasteiger partial charge in [0.1, 0.15) is 23.3 Å². The van der Waals surface area contributed by atoms with Crippen LogP contribution in [-0.4, -0.2) is 80.8 Å². The Kier molecular flexibility index (Phi) is 8.66. The van der Waals surface area contributed by atoms with Gasteiger partial charge in [0.25, 0.3) is 0 Å². The maximum Gasteiger partial charge on any atom is 0.204 e. The Hall–Kier alpha value is -7.12. The summed E-state index contributed by atoms with van der Waals surface area (Å²) in [5, 5.41) is 52.2. The minimum absolute atomic E-state index is 0.00938. The molecule has 0 aliphatic carbocycles. The normalized spacial score (nSPS) is 11.7. The number of nitrogens with zero attached hydrogens (tertiary/aromatic N) is 16. The van der Waals surface area contributed by atoms with Gasteiger partial charge in [-0.15, -0.1) is 40.8 Å². The van der Waals surface area contributed by atoms with Crippen LogP contribution in [0.3, 0.4) is 0 Å². The number of halogens is 4. The van der Waals surface area contributed by atoms with Crippen LogP contribution < -0.4 is 0 Å². The highest BCUT2D eigenvalue weighted by molar-refractivity contribution is 5.55. The molecule has 0 atom stereocenters. The van der Waals surface area contributed by atoms with Gasteiger partial charge >= 0.3 is 0 Å². The van der Waals surface area contributed by atoms with Crippen LogP contribution in [0.25, 0.3) is 45.6 Å². The first-order valence-corrected chi connectivity index (χ1v) is 15.9. The molecule has 0 fully saturated rings. The van der Waals surface area contributed by atoms with Gasteiger partial charge in [0, 0.05) is 22.3 Å². The molecule has 0 saturated carbocycles. The van der Waals surface area contributed by atoms with Crippen LogP contribution in [0.4, 0.5) is 17.6 Å². The highest BCUT2D eigenvalue weighted by Gasteiger charge is 2.38. The Morgan fingerprint density at radius 1 is 0.340 bits per heavy atom. The van der Waals surface area contributed by atoms with Crippen molar-refractivity contribution in [3.8, 4) is 45.6 Å². The maximum atomic E-state index is 13.7. The fraction of sp³-hybridized carbons (Fsp3) is 0.152. The third kappa shape index (κ3) is 7.50. The van der Waals surface area contributed by atoms with E-state index < -0.39 is 28.7 Å². The topological polar surface area (TPSA) is 174 Å². The first-order chi connectivity index (χ1) is 25.8. The van der Waals surface area contributed by atoms with E-state index in [1.807, 2.05) is 0 Å². The lowest BCUT2D eigenvalue weighted by Crippen LogP contribution is -2.42. The molecule has 264 valence electrons. The van der Waals surface area contributed by atoms with Crippen LogP contribution in [0.15, 0.2) is 97.1 Å². The van der Waals surface area contributed by atoms with Crippen LogP contribution in [0, 0.1) is 28.7 Å². The smallest absolute Gasteiger partial charge is 0.204 e. The van der Waals surface area contributed by atoms with E-state index in [0.717, 1.165) is 0 Å². The lowest BCUT2D eigenvalue weighted by molar-refractivity contribution is 0.0849. The van der Waals surface area contributed by atoms with Crippen LogP contribution >= 0.6 is 0 Å². The van der Waals surface area contributed by atoms with E-state index in [1.165, 1.54) is 116 Å². The second-order valence-corrected chi connectivity index (χ2v) is 12.1. The zero-order valence-corrected chi connectivity index (χ0v) is 27.2. The Bertz CT molecular complexity index is 2110. The Balaban J connectivity index is 1.20. The largest absolute Gasteiger partial charge is 0.207 e. The van der Waals surface area contributed by atoms with Crippen molar-refractivity contribution in [2.45, 2.75) is 26.2 Å². The average Bonchev–Trinajstić information content (AvgIpc) is 3.99. The van der Waals surface area contributed by atoms with Crippen molar-refractivity contribution in [1.29, 1.82) is 0 Å². The van der Waals surface area contributed by atoms with Crippen molar-refractivity contribution < 1.29 is 17.6 Å². The Morgan fingerprint density at radius 3 is 0.755 bits per heavy atom. The maximum absolute atomic E-state index is 13.7. The van der Waals surface area contributed by atoms with E-state index in [0.29, 0.717) is 22.3 Å². The molecule has 4 heterocycles. The lowest BCUT2D eigenvalue weighted by Gasteiger charge is -2.30. The molecule has 16 nitrogen and oxygen atoms in total. The minimum atomic E-state index is -1.11. The van der Waals surface area contributed by atoms with Crippen molar-refractivity contribution in [3.05, 3.63) is 120 Å². The second kappa shape index (κ2) is 13.9. The lowest BCUT2D eigenvalue weighted by atomic mass is 9.88. The highest BCUT2D eigenvalue weighted by atomic mass is 19.1. The molecule has 0 saturated heterocycles. The van der Waals surface area contributed by atoms with Gasteiger partial charge in [-0.05, 0) is 118 Å². The van der Waals surface area contributed by atoms with E-state index in [9.17, 15) is 17.6 Å². The zero-order valence-electron chi connectivity index (χ0n) is 27.2. The second-order valence-electron chi connectivity index (χ2n) is 12.1. The average molecular weight is 721 g/mol. The molecule has 20 heteroatoms. The van der Waals surface area contributed by atoms with E-state index in [1.54, 1.807) is 0 Å². The number of aromatic nitrogens is 16. The molecule has 8 aromatic rings. The third-order valence-electron chi connectivity index (χ3n) is 8.13. The van der Waals surface area contributed by atoms with Crippen LogP contribution in [0.1, 0.15) is 0 Å². The van der Waals surface area contributed by atoms with Crippen molar-refractivity contribution in [1.82, 2.24) is 80.8 Å².